The molecule has 2 heterocycles. The van der Waals surface area contributed by atoms with E-state index in [1.54, 1.807) is 0 Å². The first kappa shape index (κ1) is 13.2. The first-order chi connectivity index (χ1) is 8.47. The van der Waals surface area contributed by atoms with Gasteiger partial charge >= 0.3 is 6.18 Å². The molecule has 0 aliphatic carbocycles. The van der Waals surface area contributed by atoms with Crippen LogP contribution in [0.4, 0.5) is 13.2 Å². The Bertz CT molecular complexity index is 397. The van der Waals surface area contributed by atoms with Crippen LogP contribution in [-0.4, -0.2) is 29.5 Å². The van der Waals surface area contributed by atoms with E-state index in [9.17, 15) is 13.2 Å². The molecule has 1 saturated heterocycles. The lowest BCUT2D eigenvalue weighted by Crippen LogP contribution is -2.30. The zero-order valence-corrected chi connectivity index (χ0v) is 10.1. The molecule has 1 fully saturated rings. The summed E-state index contributed by atoms with van der Waals surface area (Å²) in [6.07, 6.45) is -1.34. The zero-order chi connectivity index (χ0) is 13.2. The van der Waals surface area contributed by atoms with E-state index >= 15 is 0 Å². The third kappa shape index (κ3) is 3.16. The number of nitrogens with one attached hydrogen (secondary N) is 1. The maximum absolute atomic E-state index is 12.7. The van der Waals surface area contributed by atoms with Crippen molar-refractivity contribution < 1.29 is 17.9 Å². The highest BCUT2D eigenvalue weighted by molar-refractivity contribution is 5.27. The van der Waals surface area contributed by atoms with Gasteiger partial charge in [0, 0.05) is 7.05 Å². The van der Waals surface area contributed by atoms with Gasteiger partial charge in [-0.1, -0.05) is 0 Å². The topological polar surface area (TPSA) is 39.1 Å². The van der Waals surface area contributed by atoms with E-state index < -0.39 is 11.9 Å². The van der Waals surface area contributed by atoms with Crippen LogP contribution < -0.4 is 10.1 Å². The third-order valence-corrected chi connectivity index (χ3v) is 3.00. The van der Waals surface area contributed by atoms with Gasteiger partial charge in [-0.3, -0.25) is 4.68 Å². The molecule has 2 rings (SSSR count). The van der Waals surface area contributed by atoms with Crippen molar-refractivity contribution in [2.45, 2.75) is 19.0 Å². The van der Waals surface area contributed by atoms with E-state index in [1.165, 1.54) is 13.2 Å². The highest BCUT2D eigenvalue weighted by atomic mass is 19.4. The van der Waals surface area contributed by atoms with Crippen LogP contribution >= 0.6 is 0 Å². The average Bonchev–Trinajstić information content (AvgIpc) is 2.69. The lowest BCUT2D eigenvalue weighted by Gasteiger charge is -2.22. The number of aromatic nitrogens is 2. The molecule has 4 nitrogen and oxygen atoms in total. The Hall–Kier alpha value is -1.24. The van der Waals surface area contributed by atoms with Gasteiger partial charge in [-0.15, -0.1) is 0 Å². The van der Waals surface area contributed by atoms with Crippen LogP contribution in [0.1, 0.15) is 18.5 Å². The molecule has 0 radical (unpaired) electrons. The predicted octanol–water partition coefficient (Wildman–Crippen LogP) is 1.82. The molecule has 0 atom stereocenters. The van der Waals surface area contributed by atoms with Gasteiger partial charge in [-0.2, -0.15) is 18.3 Å². The van der Waals surface area contributed by atoms with E-state index in [0.29, 0.717) is 12.5 Å². The fraction of sp³-hybridized carbons (Fsp3) is 0.727. The molecule has 1 aromatic heterocycles. The molecule has 0 bridgehead atoms. The number of hydrogen-bond donors (Lipinski definition) is 1. The number of ether oxygens (including phenoxy) is 1. The molecule has 0 aromatic carbocycles. The zero-order valence-electron chi connectivity index (χ0n) is 10.1. The SMILES string of the molecule is Cn1cc(OCC2CCNCC2)c(C(F)(F)F)n1. The van der Waals surface area contributed by atoms with E-state index in [-0.39, 0.29) is 5.75 Å². The molecule has 1 aromatic rings. The highest BCUT2D eigenvalue weighted by Gasteiger charge is 2.38. The van der Waals surface area contributed by atoms with E-state index in [2.05, 4.69) is 10.4 Å². The quantitative estimate of drug-likeness (QED) is 0.904. The molecule has 102 valence electrons. The number of nitrogens with zero attached hydrogens (tertiary/aromatic N) is 2. The molecular weight excluding hydrogens is 247 g/mol. The number of rotatable bonds is 3. The van der Waals surface area contributed by atoms with Crippen LogP contribution in [0.2, 0.25) is 0 Å². The predicted molar refractivity (Wildman–Crippen MR) is 59.3 cm³/mol. The van der Waals surface area contributed by atoms with Crippen LogP contribution in [-0.2, 0) is 13.2 Å². The number of alkyl halides is 3. The molecular formula is C11H16F3N3O. The summed E-state index contributed by atoms with van der Waals surface area (Å²) in [5.74, 6) is 0.135. The van der Waals surface area contributed by atoms with E-state index in [4.69, 9.17) is 4.74 Å². The van der Waals surface area contributed by atoms with Gasteiger partial charge in [0.15, 0.2) is 5.75 Å². The Morgan fingerprint density at radius 3 is 2.72 bits per heavy atom. The Morgan fingerprint density at radius 2 is 2.11 bits per heavy atom. The summed E-state index contributed by atoms with van der Waals surface area (Å²) >= 11 is 0. The van der Waals surface area contributed by atoms with E-state index in [1.807, 2.05) is 0 Å². The minimum Gasteiger partial charge on any atom is -0.489 e. The van der Waals surface area contributed by atoms with Crippen molar-refractivity contribution in [2.24, 2.45) is 13.0 Å². The molecule has 0 amide bonds. The van der Waals surface area contributed by atoms with Crippen molar-refractivity contribution >= 4 is 0 Å². The molecule has 0 saturated carbocycles. The van der Waals surface area contributed by atoms with Gasteiger partial charge in [0.1, 0.15) is 0 Å². The van der Waals surface area contributed by atoms with Crippen LogP contribution in [0.3, 0.4) is 0 Å². The summed E-state index contributed by atoms with van der Waals surface area (Å²) in [6.45, 7) is 2.11. The summed E-state index contributed by atoms with van der Waals surface area (Å²) in [5, 5.41) is 6.60. The minimum absolute atomic E-state index is 0.177. The molecule has 0 spiro atoms. The first-order valence-corrected chi connectivity index (χ1v) is 5.91. The van der Waals surface area contributed by atoms with Crippen molar-refractivity contribution in [3.8, 4) is 5.75 Å². The molecule has 1 N–H and O–H groups in total. The standard InChI is InChI=1S/C11H16F3N3O/c1-17-6-9(10(16-17)11(12,13)14)18-7-8-2-4-15-5-3-8/h6,8,15H,2-5,7H2,1H3. The maximum atomic E-state index is 12.7. The summed E-state index contributed by atoms with van der Waals surface area (Å²) in [5.41, 5.74) is -0.945. The summed E-state index contributed by atoms with van der Waals surface area (Å²) < 4.78 is 44.4. The lowest BCUT2D eigenvalue weighted by molar-refractivity contribution is -0.142. The summed E-state index contributed by atoms with van der Waals surface area (Å²) in [6, 6.07) is 0. The van der Waals surface area contributed by atoms with Crippen LogP contribution in [0.5, 0.6) is 5.75 Å². The maximum Gasteiger partial charge on any atom is 0.438 e. The van der Waals surface area contributed by atoms with E-state index in [0.717, 1.165) is 30.6 Å². The Morgan fingerprint density at radius 1 is 1.44 bits per heavy atom. The van der Waals surface area contributed by atoms with Gasteiger partial charge in [-0.05, 0) is 31.8 Å². The van der Waals surface area contributed by atoms with Gasteiger partial charge in [0.25, 0.3) is 0 Å². The Labute approximate surface area is 103 Å². The van der Waals surface area contributed by atoms with Crippen LogP contribution in [0.15, 0.2) is 6.20 Å². The minimum atomic E-state index is -4.47. The van der Waals surface area contributed by atoms with Crippen LogP contribution in [0.25, 0.3) is 0 Å². The van der Waals surface area contributed by atoms with Crippen molar-refractivity contribution in [1.82, 2.24) is 15.1 Å². The van der Waals surface area contributed by atoms with Gasteiger partial charge in [-0.25, -0.2) is 0 Å². The number of halogens is 3. The van der Waals surface area contributed by atoms with Crippen molar-refractivity contribution in [3.63, 3.8) is 0 Å². The highest BCUT2D eigenvalue weighted by Crippen LogP contribution is 2.35. The molecule has 1 aliphatic heterocycles. The fourth-order valence-electron chi connectivity index (χ4n) is 2.02. The van der Waals surface area contributed by atoms with Crippen LogP contribution in [0, 0.1) is 5.92 Å². The molecule has 0 unspecified atom stereocenters. The van der Waals surface area contributed by atoms with Gasteiger partial charge in [0.2, 0.25) is 5.69 Å². The second-order valence-electron chi connectivity index (χ2n) is 4.52. The third-order valence-electron chi connectivity index (χ3n) is 3.00. The van der Waals surface area contributed by atoms with Crippen molar-refractivity contribution in [3.05, 3.63) is 11.9 Å². The van der Waals surface area contributed by atoms with Crippen molar-refractivity contribution in [1.29, 1.82) is 0 Å². The second kappa shape index (κ2) is 5.17. The summed E-state index contributed by atoms with van der Waals surface area (Å²) in [4.78, 5) is 0. The smallest absolute Gasteiger partial charge is 0.438 e. The second-order valence-corrected chi connectivity index (χ2v) is 4.52. The molecule has 18 heavy (non-hydrogen) atoms. The summed E-state index contributed by atoms with van der Waals surface area (Å²) in [7, 11) is 1.45. The van der Waals surface area contributed by atoms with Gasteiger partial charge in [0.05, 0.1) is 12.8 Å². The normalized spacial score (nSPS) is 18.0. The van der Waals surface area contributed by atoms with Crippen molar-refractivity contribution in [2.75, 3.05) is 19.7 Å². The average molecular weight is 263 g/mol. The number of aryl methyl sites for hydroxylation is 1. The largest absolute Gasteiger partial charge is 0.489 e. The first-order valence-electron chi connectivity index (χ1n) is 5.91. The molecule has 1 aliphatic rings. The van der Waals surface area contributed by atoms with Gasteiger partial charge < -0.3 is 10.1 Å². The Kier molecular flexibility index (Phi) is 3.79. The monoisotopic (exact) mass is 263 g/mol. The number of hydrogen-bond acceptors (Lipinski definition) is 3. The Balaban J connectivity index is 2.00. The fourth-order valence-corrected chi connectivity index (χ4v) is 2.02. The molecule has 7 heteroatoms. The lowest BCUT2D eigenvalue weighted by atomic mass is 9.99. The number of piperidine rings is 1.